The van der Waals surface area contributed by atoms with Crippen LogP contribution in [0.5, 0.6) is 0 Å². The predicted octanol–water partition coefficient (Wildman–Crippen LogP) is 4.40. The van der Waals surface area contributed by atoms with Crippen LogP contribution in [0.25, 0.3) is 0 Å². The second-order valence-electron chi connectivity index (χ2n) is 4.47. The van der Waals surface area contributed by atoms with Crippen LogP contribution in [0.15, 0.2) is 22.7 Å². The fourth-order valence-electron chi connectivity index (χ4n) is 1.89. The molecule has 0 amide bonds. The largest absolute Gasteiger partial charge is 0.377 e. The first kappa shape index (κ1) is 15.2. The molecule has 0 aliphatic carbocycles. The maximum Gasteiger partial charge on any atom is 0.158 e. The number of hydrogen-bond donors (Lipinski definition) is 1. The average molecular weight is 357 g/mol. The second kappa shape index (κ2) is 6.52. The van der Waals surface area contributed by atoms with Crippen molar-refractivity contribution in [2.24, 2.45) is 0 Å². The van der Waals surface area contributed by atoms with E-state index in [2.05, 4.69) is 31.2 Å². The molecule has 1 N–H and O–H groups in total. The molecule has 1 heterocycles. The van der Waals surface area contributed by atoms with E-state index in [1.807, 2.05) is 26.0 Å². The number of methoxy groups -OCH3 is 1. The number of ether oxygens (including phenoxy) is 1. The van der Waals surface area contributed by atoms with Gasteiger partial charge in [-0.25, -0.2) is 9.97 Å². The van der Waals surface area contributed by atoms with Gasteiger partial charge in [0.2, 0.25) is 0 Å². The molecular weight excluding hydrogens is 342 g/mol. The van der Waals surface area contributed by atoms with Gasteiger partial charge in [0.05, 0.1) is 0 Å². The van der Waals surface area contributed by atoms with Gasteiger partial charge in [0.25, 0.3) is 0 Å². The van der Waals surface area contributed by atoms with Crippen molar-refractivity contribution in [3.05, 3.63) is 44.8 Å². The van der Waals surface area contributed by atoms with Crippen LogP contribution in [0, 0.1) is 13.8 Å². The summed E-state index contributed by atoms with van der Waals surface area (Å²) in [6, 6.07) is 5.78. The van der Waals surface area contributed by atoms with Crippen molar-refractivity contribution in [2.45, 2.75) is 20.5 Å². The van der Waals surface area contributed by atoms with E-state index >= 15 is 0 Å². The van der Waals surface area contributed by atoms with Crippen LogP contribution in [0.2, 0.25) is 5.15 Å². The van der Waals surface area contributed by atoms with Gasteiger partial charge in [-0.3, -0.25) is 0 Å². The number of halogens is 2. The molecule has 6 heteroatoms. The van der Waals surface area contributed by atoms with Crippen LogP contribution < -0.4 is 5.32 Å². The summed E-state index contributed by atoms with van der Waals surface area (Å²) in [5.41, 5.74) is 3.27. The lowest BCUT2D eigenvalue weighted by Crippen LogP contribution is -2.02. The smallest absolute Gasteiger partial charge is 0.158 e. The van der Waals surface area contributed by atoms with Crippen LogP contribution in [-0.4, -0.2) is 17.1 Å². The molecule has 0 aliphatic rings. The molecule has 0 atom stereocenters. The first-order valence-electron chi connectivity index (χ1n) is 6.05. The van der Waals surface area contributed by atoms with Crippen LogP contribution in [0.4, 0.5) is 11.5 Å². The third kappa shape index (κ3) is 3.69. The van der Waals surface area contributed by atoms with Crippen molar-refractivity contribution in [3.8, 4) is 0 Å². The van der Waals surface area contributed by atoms with Gasteiger partial charge in [-0.1, -0.05) is 27.5 Å². The van der Waals surface area contributed by atoms with E-state index in [0.717, 1.165) is 21.3 Å². The summed E-state index contributed by atoms with van der Waals surface area (Å²) < 4.78 is 6.14. The van der Waals surface area contributed by atoms with E-state index in [1.165, 1.54) is 0 Å². The highest BCUT2D eigenvalue weighted by atomic mass is 79.9. The number of aryl methyl sites for hydroxylation is 2. The van der Waals surface area contributed by atoms with Gasteiger partial charge in [-0.2, -0.15) is 0 Å². The first-order chi connectivity index (χ1) is 9.49. The van der Waals surface area contributed by atoms with Crippen molar-refractivity contribution in [1.82, 2.24) is 9.97 Å². The Balaban J connectivity index is 2.30. The summed E-state index contributed by atoms with van der Waals surface area (Å²) in [7, 11) is 1.60. The molecule has 4 nitrogen and oxygen atoms in total. The van der Waals surface area contributed by atoms with E-state index in [1.54, 1.807) is 13.2 Å². The van der Waals surface area contributed by atoms with Crippen molar-refractivity contribution in [3.63, 3.8) is 0 Å². The fraction of sp³-hybridized carbons (Fsp3) is 0.286. The lowest BCUT2D eigenvalue weighted by molar-refractivity contribution is 0.178. The zero-order chi connectivity index (χ0) is 14.7. The van der Waals surface area contributed by atoms with E-state index < -0.39 is 0 Å². The summed E-state index contributed by atoms with van der Waals surface area (Å²) in [4.78, 5) is 8.45. The SMILES string of the molecule is COCc1nc(Cl)cc(Nc2cc(C)c(Br)c(C)c2)n1. The lowest BCUT2D eigenvalue weighted by Gasteiger charge is -2.11. The molecule has 0 spiro atoms. The third-order valence-corrected chi connectivity index (χ3v) is 4.17. The zero-order valence-electron chi connectivity index (χ0n) is 11.5. The Kier molecular flexibility index (Phi) is 4.96. The number of nitrogens with zero attached hydrogens (tertiary/aromatic N) is 2. The topological polar surface area (TPSA) is 47.0 Å². The molecule has 1 aromatic carbocycles. The number of benzene rings is 1. The van der Waals surface area contributed by atoms with Gasteiger partial charge < -0.3 is 10.1 Å². The summed E-state index contributed by atoms with van der Waals surface area (Å²) in [5.74, 6) is 1.20. The summed E-state index contributed by atoms with van der Waals surface area (Å²) in [6.45, 7) is 4.42. The van der Waals surface area contributed by atoms with Gasteiger partial charge in [0.1, 0.15) is 17.6 Å². The minimum Gasteiger partial charge on any atom is -0.377 e. The van der Waals surface area contributed by atoms with Crippen molar-refractivity contribution in [2.75, 3.05) is 12.4 Å². The molecule has 0 saturated heterocycles. The van der Waals surface area contributed by atoms with Crippen molar-refractivity contribution < 1.29 is 4.74 Å². The summed E-state index contributed by atoms with van der Waals surface area (Å²) in [6.07, 6.45) is 0. The van der Waals surface area contributed by atoms with Gasteiger partial charge >= 0.3 is 0 Å². The maximum atomic E-state index is 5.99. The molecular formula is C14H15BrClN3O. The molecule has 2 aromatic rings. The molecule has 2 rings (SSSR count). The molecule has 0 fully saturated rings. The number of rotatable bonds is 4. The van der Waals surface area contributed by atoms with Crippen LogP contribution in [0.1, 0.15) is 17.0 Å². The molecule has 20 heavy (non-hydrogen) atoms. The minimum atomic E-state index is 0.327. The number of nitrogens with one attached hydrogen (secondary N) is 1. The Labute approximate surface area is 131 Å². The molecule has 0 radical (unpaired) electrons. The van der Waals surface area contributed by atoms with Gasteiger partial charge in [0, 0.05) is 23.3 Å². The minimum absolute atomic E-state index is 0.327. The number of aromatic nitrogens is 2. The van der Waals surface area contributed by atoms with Gasteiger partial charge in [-0.05, 0) is 37.1 Å². The van der Waals surface area contributed by atoms with E-state index in [-0.39, 0.29) is 0 Å². The van der Waals surface area contributed by atoms with Crippen LogP contribution in [-0.2, 0) is 11.3 Å². The Hall–Kier alpha value is -1.17. The molecule has 0 aliphatic heterocycles. The Morgan fingerprint density at radius 1 is 1.20 bits per heavy atom. The second-order valence-corrected chi connectivity index (χ2v) is 5.65. The van der Waals surface area contributed by atoms with Crippen molar-refractivity contribution in [1.29, 1.82) is 0 Å². The van der Waals surface area contributed by atoms with E-state index in [4.69, 9.17) is 16.3 Å². The standard InChI is InChI=1S/C14H15BrClN3O/c1-8-4-10(5-9(2)14(8)15)17-12-6-11(16)18-13(19-12)7-20-3/h4-6H,7H2,1-3H3,(H,17,18,19). The highest BCUT2D eigenvalue weighted by Gasteiger charge is 2.06. The van der Waals surface area contributed by atoms with Crippen molar-refractivity contribution >= 4 is 39.0 Å². The maximum absolute atomic E-state index is 5.99. The highest BCUT2D eigenvalue weighted by Crippen LogP contribution is 2.27. The van der Waals surface area contributed by atoms with Gasteiger partial charge in [0.15, 0.2) is 5.82 Å². The summed E-state index contributed by atoms with van der Waals surface area (Å²) >= 11 is 9.54. The Morgan fingerprint density at radius 3 is 2.45 bits per heavy atom. The summed E-state index contributed by atoms with van der Waals surface area (Å²) in [5, 5.41) is 3.63. The zero-order valence-corrected chi connectivity index (χ0v) is 13.8. The number of anilines is 2. The monoisotopic (exact) mass is 355 g/mol. The molecule has 0 bridgehead atoms. The van der Waals surface area contributed by atoms with Crippen LogP contribution in [0.3, 0.4) is 0 Å². The molecule has 106 valence electrons. The molecule has 0 saturated carbocycles. The van der Waals surface area contributed by atoms with E-state index in [9.17, 15) is 0 Å². The predicted molar refractivity (Wildman–Crippen MR) is 84.7 cm³/mol. The third-order valence-electron chi connectivity index (χ3n) is 2.72. The van der Waals surface area contributed by atoms with Gasteiger partial charge in [-0.15, -0.1) is 0 Å². The molecule has 0 unspecified atom stereocenters. The van der Waals surface area contributed by atoms with Crippen LogP contribution >= 0.6 is 27.5 Å². The fourth-order valence-corrected chi connectivity index (χ4v) is 2.32. The average Bonchev–Trinajstić information content (AvgIpc) is 2.35. The normalized spacial score (nSPS) is 10.7. The highest BCUT2D eigenvalue weighted by molar-refractivity contribution is 9.10. The van der Waals surface area contributed by atoms with E-state index in [0.29, 0.717) is 23.4 Å². The number of hydrogen-bond acceptors (Lipinski definition) is 4. The Morgan fingerprint density at radius 2 is 1.85 bits per heavy atom. The quantitative estimate of drug-likeness (QED) is 0.825. The Bertz CT molecular complexity index is 611. The first-order valence-corrected chi connectivity index (χ1v) is 7.23. The molecule has 1 aromatic heterocycles. The lowest BCUT2D eigenvalue weighted by atomic mass is 10.1.